The molecule has 0 radical (unpaired) electrons. The van der Waals surface area contributed by atoms with E-state index in [1.165, 1.54) is 0 Å². The standard InChI is InChI=1S/C10H13F9O3S/c11-1-3(12)5(14)7(16)9(18)10(19)8(17)6(15)4(13)2-23(20,21)22/h3-10H,1-2H2,(H,20,21,22). The van der Waals surface area contributed by atoms with Gasteiger partial charge in [-0.3, -0.25) is 4.55 Å². The number of halogens is 9. The van der Waals surface area contributed by atoms with Crippen molar-refractivity contribution in [2.45, 2.75) is 49.4 Å². The van der Waals surface area contributed by atoms with Gasteiger partial charge in [-0.15, -0.1) is 0 Å². The minimum Gasteiger partial charge on any atom is -0.285 e. The molecule has 3 nitrogen and oxygen atoms in total. The normalized spacial score (nSPS) is 23.4. The molecule has 0 bridgehead atoms. The maximum atomic E-state index is 13.2. The van der Waals surface area contributed by atoms with E-state index in [2.05, 4.69) is 0 Å². The van der Waals surface area contributed by atoms with Crippen LogP contribution in [-0.2, 0) is 10.1 Å². The van der Waals surface area contributed by atoms with E-state index < -0.39 is 71.9 Å². The lowest BCUT2D eigenvalue weighted by Crippen LogP contribution is -2.47. The van der Waals surface area contributed by atoms with E-state index in [9.17, 15) is 47.9 Å². The lowest BCUT2D eigenvalue weighted by molar-refractivity contribution is -0.0460. The lowest BCUT2D eigenvalue weighted by Gasteiger charge is -2.25. The van der Waals surface area contributed by atoms with E-state index in [1.807, 2.05) is 0 Å². The monoisotopic (exact) mass is 384 g/mol. The molecule has 0 saturated carbocycles. The fourth-order valence-corrected chi connectivity index (χ4v) is 2.07. The van der Waals surface area contributed by atoms with Gasteiger partial charge in [-0.2, -0.15) is 8.42 Å². The molecular formula is C10H13F9O3S. The zero-order chi connectivity index (χ0) is 18.5. The van der Waals surface area contributed by atoms with Crippen LogP contribution in [0.25, 0.3) is 0 Å². The second kappa shape index (κ2) is 8.94. The van der Waals surface area contributed by atoms with Gasteiger partial charge < -0.3 is 0 Å². The third kappa shape index (κ3) is 6.73. The molecule has 8 atom stereocenters. The molecule has 0 rings (SSSR count). The summed E-state index contributed by atoms with van der Waals surface area (Å²) in [5.41, 5.74) is 0. The van der Waals surface area contributed by atoms with Crippen LogP contribution in [0.1, 0.15) is 0 Å². The molecule has 0 amide bonds. The molecule has 1 N–H and O–H groups in total. The van der Waals surface area contributed by atoms with Gasteiger partial charge in [0.2, 0.25) is 0 Å². The zero-order valence-electron chi connectivity index (χ0n) is 11.1. The Kier molecular flexibility index (Phi) is 8.66. The van der Waals surface area contributed by atoms with Crippen molar-refractivity contribution in [3.05, 3.63) is 0 Å². The first-order valence-corrected chi connectivity index (χ1v) is 7.58. The van der Waals surface area contributed by atoms with Crippen LogP contribution in [0.2, 0.25) is 0 Å². The van der Waals surface area contributed by atoms with Gasteiger partial charge in [0.15, 0.2) is 49.4 Å². The summed E-state index contributed by atoms with van der Waals surface area (Å²) < 4.78 is 145. The highest BCUT2D eigenvalue weighted by Gasteiger charge is 2.47. The summed E-state index contributed by atoms with van der Waals surface area (Å²) in [6, 6.07) is 0. The van der Waals surface area contributed by atoms with Gasteiger partial charge in [-0.05, 0) is 0 Å². The van der Waals surface area contributed by atoms with Crippen LogP contribution in [0.4, 0.5) is 39.5 Å². The largest absolute Gasteiger partial charge is 0.285 e. The Morgan fingerprint density at radius 2 is 0.957 bits per heavy atom. The van der Waals surface area contributed by atoms with Gasteiger partial charge in [0.25, 0.3) is 10.1 Å². The van der Waals surface area contributed by atoms with Crippen molar-refractivity contribution in [2.75, 3.05) is 12.4 Å². The summed E-state index contributed by atoms with van der Waals surface area (Å²) >= 11 is 0. The average molecular weight is 384 g/mol. The fourth-order valence-electron chi connectivity index (χ4n) is 1.48. The van der Waals surface area contributed by atoms with Crippen molar-refractivity contribution in [3.8, 4) is 0 Å². The van der Waals surface area contributed by atoms with Gasteiger partial charge in [-0.1, -0.05) is 0 Å². The first kappa shape index (κ1) is 22.3. The molecule has 13 heteroatoms. The molecule has 0 saturated heterocycles. The van der Waals surface area contributed by atoms with Crippen LogP contribution in [0, 0.1) is 0 Å². The van der Waals surface area contributed by atoms with E-state index in [4.69, 9.17) is 4.55 Å². The van der Waals surface area contributed by atoms with Crippen molar-refractivity contribution < 1.29 is 52.5 Å². The number of hydrogen-bond acceptors (Lipinski definition) is 2. The first-order valence-electron chi connectivity index (χ1n) is 5.97. The van der Waals surface area contributed by atoms with E-state index in [0.29, 0.717) is 0 Å². The van der Waals surface area contributed by atoms with Crippen LogP contribution in [0.3, 0.4) is 0 Å². The van der Waals surface area contributed by atoms with Crippen LogP contribution in [0.15, 0.2) is 0 Å². The molecule has 0 aromatic carbocycles. The predicted octanol–water partition coefficient (Wildman–Crippen LogP) is 2.55. The highest BCUT2D eigenvalue weighted by atomic mass is 32.2. The SMILES string of the molecule is O=S(=O)(O)CC(F)C(F)C(F)C(F)C(F)C(F)C(F)C(F)CF. The van der Waals surface area contributed by atoms with Crippen LogP contribution in [-0.4, -0.2) is 74.8 Å². The molecule has 0 aliphatic rings. The Bertz CT molecular complexity index is 451. The molecule has 0 aliphatic heterocycles. The van der Waals surface area contributed by atoms with Gasteiger partial charge in [0.05, 0.1) is 0 Å². The Morgan fingerprint density at radius 3 is 1.26 bits per heavy atom. The van der Waals surface area contributed by atoms with E-state index in [1.54, 1.807) is 0 Å². The Labute approximate surface area is 125 Å². The molecule has 0 aromatic rings. The molecule has 0 spiro atoms. The zero-order valence-corrected chi connectivity index (χ0v) is 11.9. The van der Waals surface area contributed by atoms with Gasteiger partial charge in [0, 0.05) is 0 Å². The van der Waals surface area contributed by atoms with Crippen LogP contribution < -0.4 is 0 Å². The minimum absolute atomic E-state index is 1.99. The van der Waals surface area contributed by atoms with Crippen molar-refractivity contribution >= 4 is 10.1 Å². The molecule has 23 heavy (non-hydrogen) atoms. The van der Waals surface area contributed by atoms with Crippen LogP contribution >= 0.6 is 0 Å². The average Bonchev–Trinajstić information content (AvgIpc) is 2.47. The topological polar surface area (TPSA) is 54.4 Å². The molecule has 140 valence electrons. The third-order valence-electron chi connectivity index (χ3n) is 2.73. The summed E-state index contributed by atoms with van der Waals surface area (Å²) in [5, 5.41) is 0. The second-order valence-electron chi connectivity index (χ2n) is 4.60. The molecule has 0 aromatic heterocycles. The van der Waals surface area contributed by atoms with Gasteiger partial charge >= 0.3 is 0 Å². The first-order chi connectivity index (χ1) is 10.3. The number of rotatable bonds is 10. The summed E-state index contributed by atoms with van der Waals surface area (Å²) in [6.07, 6.45) is -28.8. The third-order valence-corrected chi connectivity index (χ3v) is 3.47. The summed E-state index contributed by atoms with van der Waals surface area (Å²) in [5.74, 6) is -1.99. The quantitative estimate of drug-likeness (QED) is 0.465. The summed E-state index contributed by atoms with van der Waals surface area (Å²) in [7, 11) is -5.12. The second-order valence-corrected chi connectivity index (χ2v) is 6.10. The van der Waals surface area contributed by atoms with Crippen molar-refractivity contribution in [1.82, 2.24) is 0 Å². The highest BCUT2D eigenvalue weighted by molar-refractivity contribution is 7.85. The molecule has 0 fully saturated rings. The van der Waals surface area contributed by atoms with Crippen LogP contribution in [0.5, 0.6) is 0 Å². The maximum Gasteiger partial charge on any atom is 0.267 e. The molecule has 0 heterocycles. The highest BCUT2D eigenvalue weighted by Crippen LogP contribution is 2.27. The van der Waals surface area contributed by atoms with E-state index >= 15 is 0 Å². The van der Waals surface area contributed by atoms with Gasteiger partial charge in [0.1, 0.15) is 12.4 Å². The number of hydrogen-bond donors (Lipinski definition) is 1. The minimum atomic E-state index is -5.12. The van der Waals surface area contributed by atoms with Crippen molar-refractivity contribution in [2.24, 2.45) is 0 Å². The van der Waals surface area contributed by atoms with Gasteiger partial charge in [-0.25, -0.2) is 39.5 Å². The predicted molar refractivity (Wildman–Crippen MR) is 61.6 cm³/mol. The summed E-state index contributed by atoms with van der Waals surface area (Å²) in [4.78, 5) is 0. The molecule has 8 unspecified atom stereocenters. The lowest BCUT2D eigenvalue weighted by atomic mass is 9.98. The number of alkyl halides is 9. The smallest absolute Gasteiger partial charge is 0.267 e. The molecule has 0 aliphatic carbocycles. The van der Waals surface area contributed by atoms with E-state index in [0.717, 1.165) is 0 Å². The summed E-state index contributed by atoms with van der Waals surface area (Å²) in [6.45, 7) is -2.09. The Hall–Kier alpha value is -0.720. The van der Waals surface area contributed by atoms with E-state index in [-0.39, 0.29) is 0 Å². The fraction of sp³-hybridized carbons (Fsp3) is 1.00. The Morgan fingerprint density at radius 1 is 0.652 bits per heavy atom. The molecular weight excluding hydrogens is 371 g/mol. The van der Waals surface area contributed by atoms with Crippen molar-refractivity contribution in [1.29, 1.82) is 0 Å². The maximum absolute atomic E-state index is 13.2. The van der Waals surface area contributed by atoms with Crippen molar-refractivity contribution in [3.63, 3.8) is 0 Å². The Balaban J connectivity index is 4.89.